The summed E-state index contributed by atoms with van der Waals surface area (Å²) in [5, 5.41) is 20.8. The number of rotatable bonds is 16. The van der Waals surface area contributed by atoms with Crippen molar-refractivity contribution in [3.63, 3.8) is 0 Å². The van der Waals surface area contributed by atoms with Crippen LogP contribution in [0.5, 0.6) is 0 Å². The first-order chi connectivity index (χ1) is 16.3. The second kappa shape index (κ2) is 15.0. The number of hydrogen-bond acceptors (Lipinski definition) is 5. The molecule has 0 aromatic heterocycles. The molecule has 0 amide bonds. The molecule has 1 aliphatic rings. The van der Waals surface area contributed by atoms with Gasteiger partial charge >= 0.3 is 0 Å². The Bertz CT molecular complexity index is 823. The zero-order chi connectivity index (χ0) is 25.0. The third-order valence-electron chi connectivity index (χ3n) is 6.82. The summed E-state index contributed by atoms with van der Waals surface area (Å²) >= 11 is 0. The van der Waals surface area contributed by atoms with Crippen LogP contribution in [-0.4, -0.2) is 52.5 Å². The van der Waals surface area contributed by atoms with Crippen LogP contribution < -0.4 is 0 Å². The van der Waals surface area contributed by atoms with Gasteiger partial charge in [0, 0.05) is 37.7 Å². The fourth-order valence-corrected chi connectivity index (χ4v) is 5.77. The molecule has 1 fully saturated rings. The highest BCUT2D eigenvalue weighted by Gasteiger charge is 2.39. The minimum atomic E-state index is -2.95. The molecule has 1 aliphatic carbocycles. The Morgan fingerprint density at radius 3 is 2.65 bits per heavy atom. The van der Waals surface area contributed by atoms with Crippen molar-refractivity contribution in [1.82, 2.24) is 0 Å². The van der Waals surface area contributed by atoms with Crippen molar-refractivity contribution in [3.8, 4) is 0 Å². The molecule has 0 saturated heterocycles. The van der Waals surface area contributed by atoms with Gasteiger partial charge in [0.1, 0.15) is 5.78 Å². The molecule has 192 valence electrons. The SMILES string of the molecule is CCP(=O)(O)CCCCCCC1C(=O)CC(O)C1/C=C/C(O)CCCc1cccc(COC)c1. The van der Waals surface area contributed by atoms with E-state index in [1.807, 2.05) is 18.2 Å². The molecule has 0 spiro atoms. The van der Waals surface area contributed by atoms with Crippen LogP contribution in [0.4, 0.5) is 0 Å². The first kappa shape index (κ1) is 28.9. The van der Waals surface area contributed by atoms with Gasteiger partial charge < -0.3 is 19.8 Å². The largest absolute Gasteiger partial charge is 0.392 e. The summed E-state index contributed by atoms with van der Waals surface area (Å²) in [6.45, 7) is 2.33. The van der Waals surface area contributed by atoms with Crippen LogP contribution in [0.2, 0.25) is 0 Å². The van der Waals surface area contributed by atoms with Crippen LogP contribution in [0.1, 0.15) is 69.4 Å². The summed E-state index contributed by atoms with van der Waals surface area (Å²) in [5.41, 5.74) is 2.36. The number of ketones is 1. The Morgan fingerprint density at radius 2 is 1.91 bits per heavy atom. The number of aliphatic hydroxyl groups excluding tert-OH is 2. The maximum Gasteiger partial charge on any atom is 0.200 e. The fraction of sp³-hybridized carbons (Fsp3) is 0.667. The topological polar surface area (TPSA) is 104 Å². The van der Waals surface area contributed by atoms with E-state index in [1.165, 1.54) is 5.56 Å². The lowest BCUT2D eigenvalue weighted by Gasteiger charge is -2.18. The Hall–Kier alpha value is -1.30. The van der Waals surface area contributed by atoms with Crippen molar-refractivity contribution < 1.29 is 29.2 Å². The zero-order valence-electron chi connectivity index (χ0n) is 20.8. The molecular formula is C27H43O6P. The highest BCUT2D eigenvalue weighted by Crippen LogP contribution is 2.41. The van der Waals surface area contributed by atoms with Crippen LogP contribution >= 0.6 is 7.37 Å². The van der Waals surface area contributed by atoms with Crippen molar-refractivity contribution in [2.75, 3.05) is 19.4 Å². The van der Waals surface area contributed by atoms with Crippen molar-refractivity contribution in [2.45, 2.75) is 83.5 Å². The molecule has 2 rings (SSSR count). The van der Waals surface area contributed by atoms with Crippen LogP contribution in [0.15, 0.2) is 36.4 Å². The van der Waals surface area contributed by atoms with Gasteiger partial charge in [0.25, 0.3) is 0 Å². The molecule has 0 radical (unpaired) electrons. The third kappa shape index (κ3) is 10.1. The van der Waals surface area contributed by atoms with Crippen LogP contribution in [0.3, 0.4) is 0 Å². The summed E-state index contributed by atoms with van der Waals surface area (Å²) in [6.07, 6.45) is 9.60. The van der Waals surface area contributed by atoms with Gasteiger partial charge in [-0.05, 0) is 43.2 Å². The Morgan fingerprint density at radius 1 is 1.18 bits per heavy atom. The number of aryl methyl sites for hydroxylation is 1. The minimum absolute atomic E-state index is 0.0958. The van der Waals surface area contributed by atoms with Crippen molar-refractivity contribution in [2.24, 2.45) is 11.8 Å². The number of unbranched alkanes of at least 4 members (excludes halogenated alkanes) is 3. The van der Waals surface area contributed by atoms with E-state index in [-0.39, 0.29) is 24.0 Å². The van der Waals surface area contributed by atoms with Gasteiger partial charge in [0.15, 0.2) is 7.37 Å². The van der Waals surface area contributed by atoms with Gasteiger partial charge in [-0.25, -0.2) is 0 Å². The Balaban J connectivity index is 1.74. The van der Waals surface area contributed by atoms with Gasteiger partial charge in [-0.3, -0.25) is 9.36 Å². The van der Waals surface area contributed by atoms with Gasteiger partial charge in [-0.2, -0.15) is 0 Å². The smallest absolute Gasteiger partial charge is 0.200 e. The Labute approximate surface area is 204 Å². The van der Waals surface area contributed by atoms with Crippen LogP contribution in [0.25, 0.3) is 0 Å². The molecule has 1 aromatic rings. The predicted molar refractivity (Wildman–Crippen MR) is 136 cm³/mol. The molecule has 34 heavy (non-hydrogen) atoms. The molecule has 5 atom stereocenters. The number of hydrogen-bond donors (Lipinski definition) is 3. The van der Waals surface area contributed by atoms with Crippen molar-refractivity contribution >= 4 is 13.2 Å². The standard InChI is InChI=1S/C27H43O6P/c1-3-34(31,32)17-7-5-4-6-14-24-25(27(30)19-26(24)29)16-15-23(28)13-9-11-21-10-8-12-22(18-21)20-33-2/h8,10,12,15-16,18,23-25,27-28,30H,3-7,9,11,13-14,17,19-20H2,1-2H3,(H,31,32)/b16-15+. The number of carbonyl (C=O) groups is 1. The number of Topliss-reactive ketones (excluding diaryl/α,β-unsaturated/α-hetero) is 1. The minimum Gasteiger partial charge on any atom is -0.392 e. The summed E-state index contributed by atoms with van der Waals surface area (Å²) in [6, 6.07) is 8.27. The first-order valence-corrected chi connectivity index (χ1v) is 14.7. The number of ether oxygens (including phenoxy) is 1. The second-order valence-corrected chi connectivity index (χ2v) is 12.4. The monoisotopic (exact) mass is 494 g/mol. The molecule has 1 saturated carbocycles. The van der Waals surface area contributed by atoms with E-state index in [9.17, 15) is 24.5 Å². The average Bonchev–Trinajstić information content (AvgIpc) is 3.07. The normalized spacial score (nSPS) is 23.4. The molecule has 0 heterocycles. The molecule has 6 nitrogen and oxygen atoms in total. The van der Waals surface area contributed by atoms with E-state index in [4.69, 9.17) is 4.74 Å². The summed E-state index contributed by atoms with van der Waals surface area (Å²) in [4.78, 5) is 22.0. The second-order valence-electron chi connectivity index (χ2n) is 9.61. The highest BCUT2D eigenvalue weighted by molar-refractivity contribution is 7.57. The number of benzene rings is 1. The maximum absolute atomic E-state index is 12.4. The summed E-state index contributed by atoms with van der Waals surface area (Å²) in [7, 11) is -1.26. The van der Waals surface area contributed by atoms with E-state index < -0.39 is 19.6 Å². The lowest BCUT2D eigenvalue weighted by atomic mass is 9.88. The van der Waals surface area contributed by atoms with E-state index in [0.29, 0.717) is 31.8 Å². The van der Waals surface area contributed by atoms with Gasteiger partial charge in [-0.15, -0.1) is 0 Å². The predicted octanol–water partition coefficient (Wildman–Crippen LogP) is 4.88. The molecule has 7 heteroatoms. The maximum atomic E-state index is 12.4. The molecule has 3 N–H and O–H groups in total. The Kier molecular flexibility index (Phi) is 12.7. The van der Waals surface area contributed by atoms with Crippen molar-refractivity contribution in [1.29, 1.82) is 0 Å². The average molecular weight is 495 g/mol. The third-order valence-corrected chi connectivity index (χ3v) is 8.83. The molecule has 0 bridgehead atoms. The van der Waals surface area contributed by atoms with E-state index in [1.54, 1.807) is 20.1 Å². The summed E-state index contributed by atoms with van der Waals surface area (Å²) in [5.74, 6) is -0.356. The van der Waals surface area contributed by atoms with Crippen molar-refractivity contribution in [3.05, 3.63) is 47.5 Å². The lowest BCUT2D eigenvalue weighted by molar-refractivity contribution is -0.121. The quantitative estimate of drug-likeness (QED) is 0.172. The number of carbonyl (C=O) groups excluding carboxylic acids is 1. The zero-order valence-corrected chi connectivity index (χ0v) is 21.7. The van der Waals surface area contributed by atoms with E-state index in [2.05, 4.69) is 12.1 Å². The molecule has 0 aliphatic heterocycles. The highest BCUT2D eigenvalue weighted by atomic mass is 31.2. The van der Waals surface area contributed by atoms with Crippen LogP contribution in [0, 0.1) is 11.8 Å². The lowest BCUT2D eigenvalue weighted by Crippen LogP contribution is -2.19. The summed E-state index contributed by atoms with van der Waals surface area (Å²) < 4.78 is 16.9. The van der Waals surface area contributed by atoms with E-state index >= 15 is 0 Å². The van der Waals surface area contributed by atoms with Gasteiger partial charge in [0.2, 0.25) is 0 Å². The molecular weight excluding hydrogens is 451 g/mol. The number of aliphatic hydroxyl groups is 2. The fourth-order valence-electron chi connectivity index (χ4n) is 4.74. The molecule has 5 unspecified atom stereocenters. The van der Waals surface area contributed by atoms with E-state index in [0.717, 1.165) is 44.1 Å². The van der Waals surface area contributed by atoms with Gasteiger partial charge in [0.05, 0.1) is 18.8 Å². The first-order valence-electron chi connectivity index (χ1n) is 12.7. The van der Waals surface area contributed by atoms with Crippen LogP contribution in [-0.2, 0) is 27.1 Å². The number of methoxy groups -OCH3 is 1. The molecule has 1 aromatic carbocycles. The van der Waals surface area contributed by atoms with Gasteiger partial charge in [-0.1, -0.05) is 62.6 Å².